The Morgan fingerprint density at radius 2 is 1.00 bits per heavy atom. The average Bonchev–Trinajstić information content (AvgIpc) is 4.20. The molecule has 8 rings (SSSR count). The van der Waals surface area contributed by atoms with Crippen molar-refractivity contribution in [2.24, 2.45) is 5.73 Å². The largest absolute Gasteiger partial charge is 0.465 e. The van der Waals surface area contributed by atoms with Crippen LogP contribution >= 0.6 is 23.2 Å². The Bertz CT molecular complexity index is 3590. The molecule has 0 aliphatic carbocycles. The fourth-order valence-corrected chi connectivity index (χ4v) is 6.44. The third-order valence-corrected chi connectivity index (χ3v) is 10.5. The summed E-state index contributed by atoms with van der Waals surface area (Å²) in [6, 6.07) is 14.8. The van der Waals surface area contributed by atoms with E-state index in [1.165, 1.54) is 31.4 Å². The second-order valence-corrected chi connectivity index (χ2v) is 15.5. The van der Waals surface area contributed by atoms with Crippen molar-refractivity contribution in [3.8, 4) is 28.6 Å². The molecule has 7 N–H and O–H groups in total. The molecular formula is C47H32Cl2F3N15O10. The minimum Gasteiger partial charge on any atom is -0.465 e. The summed E-state index contributed by atoms with van der Waals surface area (Å²) in [6.45, 7) is 0. The van der Waals surface area contributed by atoms with Gasteiger partial charge in [-0.2, -0.15) is 20.6 Å². The molecule has 0 aliphatic heterocycles. The third-order valence-electron chi connectivity index (χ3n) is 9.86. The lowest BCUT2D eigenvalue weighted by atomic mass is 10.1. The summed E-state index contributed by atoms with van der Waals surface area (Å²) in [6.07, 6.45) is 7.46. The normalized spacial score (nSPS) is 10.2. The van der Waals surface area contributed by atoms with Gasteiger partial charge in [-0.1, -0.05) is 23.2 Å². The molecule has 390 valence electrons. The Morgan fingerprint density at radius 1 is 0.558 bits per heavy atom. The highest BCUT2D eigenvalue weighted by Gasteiger charge is 2.23. The zero-order valence-electron chi connectivity index (χ0n) is 39.3. The number of carbonyl (C=O) groups is 7. The molecule has 0 radical (unpaired) electrons. The first-order chi connectivity index (χ1) is 36.8. The summed E-state index contributed by atoms with van der Waals surface area (Å²) in [4.78, 5) is 83.3. The van der Waals surface area contributed by atoms with E-state index < -0.39 is 64.6 Å². The van der Waals surface area contributed by atoms with Crippen LogP contribution < -0.4 is 21.7 Å². The number of carbonyl (C=O) groups excluding carboxylic acids is 7. The molecule has 5 aromatic heterocycles. The Balaban J connectivity index is 0.000000188. The number of nitrogens with zero attached hydrogens (tertiary/aromatic N) is 9. The van der Waals surface area contributed by atoms with Crippen LogP contribution in [0, 0.1) is 28.8 Å². The monoisotopic (exact) mass is 1090 g/mol. The van der Waals surface area contributed by atoms with Crippen LogP contribution in [0.25, 0.3) is 22.5 Å². The maximum Gasteiger partial charge on any atom is 0.340 e. The minimum absolute atomic E-state index is 0.00484. The number of ether oxygens (including phenoxy) is 3. The zero-order chi connectivity index (χ0) is 55.9. The van der Waals surface area contributed by atoms with Gasteiger partial charge in [0.1, 0.15) is 11.9 Å². The van der Waals surface area contributed by atoms with Crippen LogP contribution in [0.5, 0.6) is 0 Å². The number of benzene rings is 3. The molecular weight excluding hydrogens is 1060 g/mol. The number of nitrogens with one attached hydrogen (secondary N) is 5. The van der Waals surface area contributed by atoms with Gasteiger partial charge >= 0.3 is 17.9 Å². The van der Waals surface area contributed by atoms with E-state index in [0.29, 0.717) is 29.1 Å². The molecule has 0 unspecified atom stereocenters. The number of aromatic nitrogens is 10. The summed E-state index contributed by atoms with van der Waals surface area (Å²) >= 11 is 11.7. The number of nitriles is 1. The third kappa shape index (κ3) is 14.0. The highest BCUT2D eigenvalue weighted by atomic mass is 35.5. The fourth-order valence-electron chi connectivity index (χ4n) is 6.07. The molecule has 25 nitrogen and oxygen atoms in total. The maximum absolute atomic E-state index is 13.6. The smallest absolute Gasteiger partial charge is 0.340 e. The second kappa shape index (κ2) is 25.4. The maximum atomic E-state index is 13.6. The van der Waals surface area contributed by atoms with Crippen LogP contribution in [0.1, 0.15) is 78.5 Å². The summed E-state index contributed by atoms with van der Waals surface area (Å²) in [7, 11) is 3.37. The fraction of sp³-hybridized carbons (Fsp3) is 0.0638. The van der Waals surface area contributed by atoms with E-state index in [0.717, 1.165) is 44.2 Å². The first kappa shape index (κ1) is 55.8. The first-order valence-corrected chi connectivity index (χ1v) is 21.8. The number of anilines is 3. The molecule has 8 aromatic rings. The van der Waals surface area contributed by atoms with Crippen molar-refractivity contribution < 1.29 is 60.9 Å². The van der Waals surface area contributed by atoms with Crippen LogP contribution in [-0.4, -0.2) is 114 Å². The van der Waals surface area contributed by atoms with Crippen LogP contribution in [0.15, 0.2) is 97.7 Å². The van der Waals surface area contributed by atoms with Crippen molar-refractivity contribution in [2.45, 2.75) is 0 Å². The Kier molecular flexibility index (Phi) is 18.4. The van der Waals surface area contributed by atoms with Gasteiger partial charge in [0, 0.05) is 29.6 Å². The Hall–Kier alpha value is -10.5. The SMILES string of the molecule is COC(=O)c1cc(C#N)c(Cl)cc1NC(=O)c1ccc(-c2cn[nH]c2)nn1.COC(=O)c1cc(F)c(Cl)cc1NC(=O)c1ccc(-c2cn[nH]c2)nn1.COC(=O)c1cc(F)c(F)cc1NC(=O)c1cc(C(N)=O)cnn1. The van der Waals surface area contributed by atoms with Gasteiger partial charge in [0.05, 0.1) is 106 Å². The number of methoxy groups -OCH3 is 3. The zero-order valence-corrected chi connectivity index (χ0v) is 40.8. The van der Waals surface area contributed by atoms with Crippen molar-refractivity contribution in [3.63, 3.8) is 0 Å². The summed E-state index contributed by atoms with van der Waals surface area (Å²) in [5.74, 6) is -8.91. The number of amides is 4. The highest BCUT2D eigenvalue weighted by Crippen LogP contribution is 2.28. The molecule has 3 aromatic carbocycles. The molecule has 0 bridgehead atoms. The predicted octanol–water partition coefficient (Wildman–Crippen LogP) is 6.02. The number of H-pyrrole nitrogens is 2. The molecule has 0 saturated heterocycles. The number of hydrogen-bond acceptors (Lipinski definition) is 19. The number of aromatic amines is 2. The molecule has 5 heterocycles. The van der Waals surface area contributed by atoms with Gasteiger partial charge in [0.25, 0.3) is 17.7 Å². The number of esters is 3. The van der Waals surface area contributed by atoms with E-state index in [4.69, 9.17) is 34.2 Å². The Morgan fingerprint density at radius 3 is 1.43 bits per heavy atom. The summed E-state index contributed by atoms with van der Waals surface area (Å²) in [5, 5.41) is 51.5. The van der Waals surface area contributed by atoms with Crippen molar-refractivity contribution in [3.05, 3.63) is 170 Å². The topological polar surface area (TPSA) is 368 Å². The van der Waals surface area contributed by atoms with Crippen molar-refractivity contribution in [1.29, 1.82) is 5.26 Å². The molecule has 0 atom stereocenters. The number of nitrogens with two attached hydrogens (primary N) is 1. The lowest BCUT2D eigenvalue weighted by Crippen LogP contribution is -2.19. The van der Waals surface area contributed by atoms with Gasteiger partial charge in [-0.15, -0.1) is 25.5 Å². The van der Waals surface area contributed by atoms with E-state index in [9.17, 15) is 46.7 Å². The van der Waals surface area contributed by atoms with Crippen LogP contribution in [0.3, 0.4) is 0 Å². The van der Waals surface area contributed by atoms with Gasteiger partial charge in [-0.3, -0.25) is 29.4 Å². The molecule has 0 fully saturated rings. The van der Waals surface area contributed by atoms with Gasteiger partial charge in [0.15, 0.2) is 28.7 Å². The molecule has 0 spiro atoms. The van der Waals surface area contributed by atoms with Crippen LogP contribution in [0.4, 0.5) is 30.2 Å². The van der Waals surface area contributed by atoms with E-state index in [1.54, 1.807) is 36.9 Å². The quantitative estimate of drug-likeness (QED) is 0.0601. The minimum atomic E-state index is -1.29. The van der Waals surface area contributed by atoms with Gasteiger partial charge < -0.3 is 35.9 Å². The Labute approximate surface area is 439 Å². The van der Waals surface area contributed by atoms with Gasteiger partial charge in [-0.25, -0.2) is 27.6 Å². The average molecular weight is 1090 g/mol. The predicted molar refractivity (Wildman–Crippen MR) is 262 cm³/mol. The van der Waals surface area contributed by atoms with Gasteiger partial charge in [0.2, 0.25) is 5.91 Å². The van der Waals surface area contributed by atoms with E-state index in [1.807, 2.05) is 6.07 Å². The van der Waals surface area contributed by atoms with Crippen molar-refractivity contribution >= 4 is 81.8 Å². The van der Waals surface area contributed by atoms with E-state index in [2.05, 4.69) is 81.1 Å². The van der Waals surface area contributed by atoms with E-state index >= 15 is 0 Å². The van der Waals surface area contributed by atoms with Crippen molar-refractivity contribution in [1.82, 2.24) is 51.0 Å². The second-order valence-electron chi connectivity index (χ2n) is 14.7. The summed E-state index contributed by atoms with van der Waals surface area (Å²) in [5.41, 5.74) is 6.45. The van der Waals surface area contributed by atoms with Gasteiger partial charge in [-0.05, 0) is 60.7 Å². The van der Waals surface area contributed by atoms with Crippen molar-refractivity contribution in [2.75, 3.05) is 37.3 Å². The molecule has 0 saturated carbocycles. The molecule has 4 amide bonds. The standard InChI is InChI=1S/C17H11ClN6O3.C16H11ClFN5O3.C14H10F2N4O4/c1-27-17(26)11-4-9(6-19)12(18)5-15(11)22-16(25)14-3-2-13(23-24-14)10-7-20-21-8-10;1-26-16(25)9-4-11(18)10(17)5-14(9)21-15(24)13-3-2-12(22-23-13)8-6-19-20-7-8;1-24-14(23)7-3-8(15)9(16)4-10(7)19-13(22)11-2-6(12(17)21)5-18-20-11/h2-5,7-8H,1H3,(H,20,21)(H,22,25);2-7H,1H3,(H,19,20)(H,21,24);2-5H,1H3,(H2,17,21)(H,19,22). The highest BCUT2D eigenvalue weighted by molar-refractivity contribution is 6.32. The molecule has 30 heteroatoms. The number of primary amides is 1. The first-order valence-electron chi connectivity index (χ1n) is 21.0. The number of hydrogen-bond donors (Lipinski definition) is 6. The lowest BCUT2D eigenvalue weighted by Gasteiger charge is -2.11. The number of halogens is 5. The summed E-state index contributed by atoms with van der Waals surface area (Å²) < 4.78 is 54.0. The molecule has 77 heavy (non-hydrogen) atoms. The van der Waals surface area contributed by atoms with E-state index in [-0.39, 0.29) is 66.4 Å². The molecule has 0 aliphatic rings. The van der Waals surface area contributed by atoms with Crippen LogP contribution in [0.2, 0.25) is 10.0 Å². The lowest BCUT2D eigenvalue weighted by molar-refractivity contribution is 0.0592. The number of rotatable bonds is 12. The van der Waals surface area contributed by atoms with Crippen LogP contribution in [-0.2, 0) is 14.2 Å².